The second kappa shape index (κ2) is 5.50. The van der Waals surface area contributed by atoms with Crippen LogP contribution in [0.1, 0.15) is 5.76 Å². The van der Waals surface area contributed by atoms with Crippen LogP contribution in [0.3, 0.4) is 0 Å². The van der Waals surface area contributed by atoms with Gasteiger partial charge in [0, 0.05) is 20.4 Å². The van der Waals surface area contributed by atoms with Crippen LogP contribution in [0.4, 0.5) is 0 Å². The summed E-state index contributed by atoms with van der Waals surface area (Å²) in [5, 5.41) is 6.76. The third-order valence-electron chi connectivity index (χ3n) is 2.47. The minimum Gasteiger partial charge on any atom is -0.458 e. The molecule has 0 aliphatic carbocycles. The van der Waals surface area contributed by atoms with Gasteiger partial charge in [0.15, 0.2) is 5.76 Å². The van der Waals surface area contributed by atoms with Crippen LogP contribution in [0.2, 0.25) is 0 Å². The Morgan fingerprint density at radius 1 is 1.50 bits per heavy atom. The van der Waals surface area contributed by atoms with Crippen molar-refractivity contribution < 1.29 is 13.9 Å². The number of ether oxygens (including phenoxy) is 1. The van der Waals surface area contributed by atoms with E-state index in [4.69, 9.17) is 9.15 Å². The summed E-state index contributed by atoms with van der Waals surface area (Å²) in [5.41, 5.74) is 0.893. The van der Waals surface area contributed by atoms with E-state index in [2.05, 4.69) is 10.4 Å². The van der Waals surface area contributed by atoms with Gasteiger partial charge in [-0.15, -0.1) is 0 Å². The van der Waals surface area contributed by atoms with Crippen molar-refractivity contribution in [3.63, 3.8) is 0 Å². The highest BCUT2D eigenvalue weighted by Crippen LogP contribution is 2.20. The van der Waals surface area contributed by atoms with E-state index in [0.717, 1.165) is 11.5 Å². The first kappa shape index (κ1) is 12.4. The molecule has 1 amide bonds. The summed E-state index contributed by atoms with van der Waals surface area (Å²) >= 11 is 0. The molecule has 0 saturated carbocycles. The SMILES string of the molecule is COCC(=O)NCc1ccc(-c2ccnn2C)o1. The van der Waals surface area contributed by atoms with Crippen molar-refractivity contribution in [1.82, 2.24) is 15.1 Å². The number of rotatable bonds is 5. The van der Waals surface area contributed by atoms with Crippen molar-refractivity contribution in [1.29, 1.82) is 0 Å². The molecule has 0 aliphatic heterocycles. The predicted octanol–water partition coefficient (Wildman–Crippen LogP) is 0.943. The number of furan rings is 1. The van der Waals surface area contributed by atoms with E-state index in [0.29, 0.717) is 12.3 Å². The molecule has 0 spiro atoms. The van der Waals surface area contributed by atoms with Crippen molar-refractivity contribution >= 4 is 5.91 Å². The third-order valence-corrected chi connectivity index (χ3v) is 2.47. The quantitative estimate of drug-likeness (QED) is 0.856. The third kappa shape index (κ3) is 2.78. The van der Waals surface area contributed by atoms with Crippen molar-refractivity contribution in [2.75, 3.05) is 13.7 Å². The second-order valence-corrected chi connectivity index (χ2v) is 3.82. The molecule has 6 heteroatoms. The van der Waals surface area contributed by atoms with E-state index in [-0.39, 0.29) is 12.5 Å². The molecule has 2 heterocycles. The average molecular weight is 249 g/mol. The van der Waals surface area contributed by atoms with E-state index in [1.54, 1.807) is 10.9 Å². The number of nitrogens with one attached hydrogen (secondary N) is 1. The van der Waals surface area contributed by atoms with E-state index in [1.807, 2.05) is 25.2 Å². The lowest BCUT2D eigenvalue weighted by molar-refractivity contribution is -0.124. The van der Waals surface area contributed by atoms with Crippen molar-refractivity contribution in [3.05, 3.63) is 30.2 Å². The first-order valence-corrected chi connectivity index (χ1v) is 5.53. The Labute approximate surface area is 105 Å². The molecule has 0 bridgehead atoms. The van der Waals surface area contributed by atoms with Gasteiger partial charge in [0.25, 0.3) is 0 Å². The van der Waals surface area contributed by atoms with Gasteiger partial charge in [-0.05, 0) is 18.2 Å². The van der Waals surface area contributed by atoms with Crippen LogP contribution in [0.15, 0.2) is 28.8 Å². The van der Waals surface area contributed by atoms with E-state index in [1.165, 1.54) is 7.11 Å². The number of carbonyl (C=O) groups excluding carboxylic acids is 1. The molecule has 0 aliphatic rings. The Kier molecular flexibility index (Phi) is 3.78. The molecular weight excluding hydrogens is 234 g/mol. The van der Waals surface area contributed by atoms with Gasteiger partial charge in [-0.1, -0.05) is 0 Å². The average Bonchev–Trinajstić information content (AvgIpc) is 2.95. The zero-order chi connectivity index (χ0) is 13.0. The number of amides is 1. The van der Waals surface area contributed by atoms with Crippen LogP contribution < -0.4 is 5.32 Å². The molecular formula is C12H15N3O3. The Morgan fingerprint density at radius 2 is 2.33 bits per heavy atom. The molecule has 1 N–H and O–H groups in total. The predicted molar refractivity (Wildman–Crippen MR) is 64.6 cm³/mol. The number of aryl methyl sites for hydroxylation is 1. The molecule has 0 atom stereocenters. The highest BCUT2D eigenvalue weighted by molar-refractivity contribution is 5.77. The minimum absolute atomic E-state index is 0.0509. The second-order valence-electron chi connectivity index (χ2n) is 3.82. The Hall–Kier alpha value is -2.08. The molecule has 18 heavy (non-hydrogen) atoms. The van der Waals surface area contributed by atoms with Crippen LogP contribution in [0.25, 0.3) is 11.5 Å². The van der Waals surface area contributed by atoms with Crippen molar-refractivity contribution in [3.8, 4) is 11.5 Å². The molecule has 2 aromatic rings. The van der Waals surface area contributed by atoms with E-state index >= 15 is 0 Å². The molecule has 0 unspecified atom stereocenters. The maximum absolute atomic E-state index is 11.2. The van der Waals surface area contributed by atoms with Crippen LogP contribution in [0, 0.1) is 0 Å². The van der Waals surface area contributed by atoms with Gasteiger partial charge in [-0.25, -0.2) is 0 Å². The highest BCUT2D eigenvalue weighted by Gasteiger charge is 2.08. The number of aromatic nitrogens is 2. The fourth-order valence-electron chi connectivity index (χ4n) is 1.59. The number of methoxy groups -OCH3 is 1. The molecule has 0 saturated heterocycles. The first-order valence-electron chi connectivity index (χ1n) is 5.53. The Bertz CT molecular complexity index is 530. The standard InChI is InChI=1S/C12H15N3O3/c1-15-10(5-6-14-15)11-4-3-9(18-11)7-13-12(16)8-17-2/h3-6H,7-8H2,1-2H3,(H,13,16). The molecule has 0 radical (unpaired) electrons. The summed E-state index contributed by atoms with van der Waals surface area (Å²) in [6.45, 7) is 0.398. The largest absolute Gasteiger partial charge is 0.458 e. The highest BCUT2D eigenvalue weighted by atomic mass is 16.5. The number of hydrogen-bond acceptors (Lipinski definition) is 4. The van der Waals surface area contributed by atoms with Crippen LogP contribution >= 0.6 is 0 Å². The van der Waals surface area contributed by atoms with Gasteiger partial charge >= 0.3 is 0 Å². The van der Waals surface area contributed by atoms with Gasteiger partial charge in [0.05, 0.1) is 6.54 Å². The fraction of sp³-hybridized carbons (Fsp3) is 0.333. The molecule has 2 aromatic heterocycles. The van der Waals surface area contributed by atoms with Gasteiger partial charge < -0.3 is 14.5 Å². The van der Waals surface area contributed by atoms with Crippen LogP contribution in [-0.4, -0.2) is 29.4 Å². The van der Waals surface area contributed by atoms with Gasteiger partial charge in [-0.3, -0.25) is 9.48 Å². The summed E-state index contributed by atoms with van der Waals surface area (Å²) < 4.78 is 12.1. The summed E-state index contributed by atoms with van der Waals surface area (Å²) in [6.07, 6.45) is 1.71. The number of hydrogen-bond donors (Lipinski definition) is 1. The maximum atomic E-state index is 11.2. The Balaban J connectivity index is 1.99. The lowest BCUT2D eigenvalue weighted by Gasteiger charge is -2.01. The monoisotopic (exact) mass is 249 g/mol. The number of carbonyl (C=O) groups is 1. The maximum Gasteiger partial charge on any atom is 0.246 e. The smallest absolute Gasteiger partial charge is 0.246 e. The molecule has 6 nitrogen and oxygen atoms in total. The summed E-state index contributed by atoms with van der Waals surface area (Å²) in [4.78, 5) is 11.2. The molecule has 96 valence electrons. The van der Waals surface area contributed by atoms with E-state index in [9.17, 15) is 4.79 Å². The molecule has 0 aromatic carbocycles. The fourth-order valence-corrected chi connectivity index (χ4v) is 1.59. The van der Waals surface area contributed by atoms with E-state index < -0.39 is 0 Å². The summed E-state index contributed by atoms with van der Waals surface area (Å²) in [6, 6.07) is 5.55. The summed E-state index contributed by atoms with van der Waals surface area (Å²) in [7, 11) is 3.32. The minimum atomic E-state index is -0.170. The van der Waals surface area contributed by atoms with Crippen molar-refractivity contribution in [2.24, 2.45) is 7.05 Å². The van der Waals surface area contributed by atoms with Gasteiger partial charge in [-0.2, -0.15) is 5.10 Å². The Morgan fingerprint density at radius 3 is 3.00 bits per heavy atom. The van der Waals surface area contributed by atoms with Crippen LogP contribution in [-0.2, 0) is 23.1 Å². The lowest BCUT2D eigenvalue weighted by atomic mass is 10.3. The zero-order valence-corrected chi connectivity index (χ0v) is 10.3. The lowest BCUT2D eigenvalue weighted by Crippen LogP contribution is -2.26. The normalized spacial score (nSPS) is 10.6. The zero-order valence-electron chi connectivity index (χ0n) is 10.3. The molecule has 0 fully saturated rings. The summed E-state index contributed by atoms with van der Waals surface area (Å²) in [5.74, 6) is 1.25. The van der Waals surface area contributed by atoms with Gasteiger partial charge in [0.1, 0.15) is 18.1 Å². The van der Waals surface area contributed by atoms with Gasteiger partial charge in [0.2, 0.25) is 5.91 Å². The topological polar surface area (TPSA) is 69.3 Å². The van der Waals surface area contributed by atoms with Crippen molar-refractivity contribution in [2.45, 2.75) is 6.54 Å². The first-order chi connectivity index (χ1) is 8.70. The van der Waals surface area contributed by atoms with Crippen LogP contribution in [0.5, 0.6) is 0 Å². The molecule has 2 rings (SSSR count). The number of nitrogens with zero attached hydrogens (tertiary/aromatic N) is 2.